The zero-order valence-corrected chi connectivity index (χ0v) is 24.5. The van der Waals surface area contributed by atoms with Gasteiger partial charge in [0.2, 0.25) is 0 Å². The Kier molecular flexibility index (Phi) is 6.59. The predicted molar refractivity (Wildman–Crippen MR) is 155 cm³/mol. The smallest absolute Gasteiger partial charge is 0.317 e. The maximum atomic E-state index is 14.4. The molecule has 7 rings (SSSR count). The average Bonchev–Trinajstić information content (AvgIpc) is 3.65. The molecule has 1 aromatic carbocycles. The van der Waals surface area contributed by atoms with Crippen LogP contribution < -0.4 is 4.90 Å². The number of halogens is 4. The molecule has 4 aromatic rings. The number of carbonyl (C=O) groups is 1. The molecule has 3 aliphatic rings. The number of hydrogen-bond donors (Lipinski definition) is 0. The number of rotatable bonds is 5. The molecule has 12 heteroatoms. The lowest BCUT2D eigenvalue weighted by molar-refractivity contribution is -0.138. The number of benzene rings is 1. The Balaban J connectivity index is 1.25. The van der Waals surface area contributed by atoms with Crippen LogP contribution in [0.4, 0.5) is 19.0 Å². The second kappa shape index (κ2) is 10.1. The van der Waals surface area contributed by atoms with E-state index in [-0.39, 0.29) is 28.6 Å². The third kappa shape index (κ3) is 4.98. The number of aromatic nitrogens is 5. The summed E-state index contributed by atoms with van der Waals surface area (Å²) in [5.41, 5.74) is 2.85. The first-order valence-electron chi connectivity index (χ1n) is 14.3. The van der Waals surface area contributed by atoms with Crippen LogP contribution in [0.5, 0.6) is 0 Å². The van der Waals surface area contributed by atoms with E-state index in [0.717, 1.165) is 30.8 Å². The lowest BCUT2D eigenvalue weighted by Crippen LogP contribution is -2.33. The van der Waals surface area contributed by atoms with Gasteiger partial charge in [0.15, 0.2) is 5.82 Å². The van der Waals surface area contributed by atoms with E-state index >= 15 is 0 Å². The third-order valence-corrected chi connectivity index (χ3v) is 9.30. The summed E-state index contributed by atoms with van der Waals surface area (Å²) in [5.74, 6) is 0.216. The van der Waals surface area contributed by atoms with Gasteiger partial charge in [-0.15, -0.1) is 10.2 Å². The van der Waals surface area contributed by atoms with E-state index < -0.39 is 17.6 Å². The fourth-order valence-electron chi connectivity index (χ4n) is 6.78. The summed E-state index contributed by atoms with van der Waals surface area (Å²) in [5, 5.41) is 8.28. The lowest BCUT2D eigenvalue weighted by atomic mass is 9.68. The quantitative estimate of drug-likeness (QED) is 0.242. The van der Waals surface area contributed by atoms with E-state index in [1.54, 1.807) is 35.3 Å². The van der Waals surface area contributed by atoms with Crippen molar-refractivity contribution in [1.29, 1.82) is 0 Å². The number of anilines is 1. The Morgan fingerprint density at radius 3 is 2.53 bits per heavy atom. The van der Waals surface area contributed by atoms with Gasteiger partial charge in [0, 0.05) is 43.2 Å². The molecule has 2 fully saturated rings. The van der Waals surface area contributed by atoms with Crippen LogP contribution in [0.15, 0.2) is 42.9 Å². The molecule has 43 heavy (non-hydrogen) atoms. The van der Waals surface area contributed by atoms with Crippen molar-refractivity contribution in [1.82, 2.24) is 29.6 Å². The monoisotopic (exact) mass is 607 g/mol. The molecule has 222 valence electrons. The Bertz CT molecular complexity index is 1760. The van der Waals surface area contributed by atoms with Crippen molar-refractivity contribution in [3.63, 3.8) is 0 Å². The molecule has 1 saturated heterocycles. The minimum absolute atomic E-state index is 0.0408. The minimum Gasteiger partial charge on any atom is -0.317 e. The SMILES string of the molecule is Cc1cc(-c2cc(Cl)nc(N3Cc4c(cc(CN5CCC6(CCC6)C5)cc4C(F)(F)F)C3=O)c2)c(-c2nncn2C)cn1. The van der Waals surface area contributed by atoms with Crippen LogP contribution in [0, 0.1) is 12.3 Å². The Morgan fingerprint density at radius 2 is 1.86 bits per heavy atom. The molecule has 1 aliphatic carbocycles. The summed E-state index contributed by atoms with van der Waals surface area (Å²) in [4.78, 5) is 26.0. The molecule has 0 N–H and O–H groups in total. The minimum atomic E-state index is -4.61. The number of nitrogens with zero attached hydrogens (tertiary/aromatic N) is 7. The van der Waals surface area contributed by atoms with Gasteiger partial charge in [0.05, 0.1) is 12.1 Å². The van der Waals surface area contributed by atoms with Crippen LogP contribution in [0.25, 0.3) is 22.5 Å². The van der Waals surface area contributed by atoms with E-state index in [2.05, 4.69) is 25.1 Å². The van der Waals surface area contributed by atoms with Gasteiger partial charge in [0.1, 0.15) is 17.3 Å². The molecule has 0 unspecified atom stereocenters. The topological polar surface area (TPSA) is 80.0 Å². The molecular formula is C31H29ClF3N7O. The Morgan fingerprint density at radius 1 is 1.05 bits per heavy atom. The second-order valence-electron chi connectivity index (χ2n) is 12.0. The van der Waals surface area contributed by atoms with Crippen LogP contribution in [0.3, 0.4) is 0 Å². The standard InChI is InChI=1S/C31H29ClF3N7O/c1-18-8-21(23(13-36-18)28-39-37-17-40(28)2)20-11-26(32)38-27(12-20)42-15-24-22(29(42)43)9-19(10-25(24)31(33,34)35)14-41-7-6-30(16-41)4-3-5-30/h8-13,17H,3-7,14-16H2,1-2H3. The number of amides is 1. The van der Waals surface area contributed by atoms with Gasteiger partial charge < -0.3 is 4.57 Å². The number of aryl methyl sites for hydroxylation is 2. The number of carbonyl (C=O) groups excluding carboxylic acids is 1. The summed E-state index contributed by atoms with van der Waals surface area (Å²) in [7, 11) is 1.81. The van der Waals surface area contributed by atoms with Gasteiger partial charge in [-0.2, -0.15) is 13.2 Å². The van der Waals surface area contributed by atoms with Crippen molar-refractivity contribution in [2.24, 2.45) is 12.5 Å². The van der Waals surface area contributed by atoms with E-state index in [1.807, 2.05) is 20.0 Å². The second-order valence-corrected chi connectivity index (χ2v) is 12.4. The van der Waals surface area contributed by atoms with E-state index in [1.165, 1.54) is 30.2 Å². The number of likely N-dealkylation sites (tertiary alicyclic amines) is 1. The highest BCUT2D eigenvalue weighted by Crippen LogP contribution is 2.48. The molecular weight excluding hydrogens is 579 g/mol. The van der Waals surface area contributed by atoms with Crippen LogP contribution in [-0.2, 0) is 26.3 Å². The maximum Gasteiger partial charge on any atom is 0.416 e. The summed E-state index contributed by atoms with van der Waals surface area (Å²) in [6.07, 6.45) is 3.32. The highest BCUT2D eigenvalue weighted by molar-refractivity contribution is 6.30. The van der Waals surface area contributed by atoms with Crippen molar-refractivity contribution in [2.45, 2.75) is 51.9 Å². The molecule has 1 spiro atoms. The molecule has 5 heterocycles. The number of fused-ring (bicyclic) bond motifs is 1. The Hall–Kier alpha value is -3.83. The zero-order chi connectivity index (χ0) is 30.1. The van der Waals surface area contributed by atoms with Crippen molar-refractivity contribution < 1.29 is 18.0 Å². The largest absolute Gasteiger partial charge is 0.416 e. The van der Waals surface area contributed by atoms with Crippen molar-refractivity contribution in [3.05, 3.63) is 76.0 Å². The van der Waals surface area contributed by atoms with Crippen molar-refractivity contribution in [3.8, 4) is 22.5 Å². The van der Waals surface area contributed by atoms with E-state index in [9.17, 15) is 18.0 Å². The molecule has 0 radical (unpaired) electrons. The number of hydrogen-bond acceptors (Lipinski definition) is 6. The summed E-state index contributed by atoms with van der Waals surface area (Å²) in [6.45, 7) is 3.73. The van der Waals surface area contributed by atoms with Gasteiger partial charge in [-0.3, -0.25) is 19.6 Å². The first kappa shape index (κ1) is 28.0. The summed E-state index contributed by atoms with van der Waals surface area (Å²) in [6, 6.07) is 8.02. The van der Waals surface area contributed by atoms with Gasteiger partial charge in [-0.25, -0.2) is 4.98 Å². The van der Waals surface area contributed by atoms with Gasteiger partial charge in [0.25, 0.3) is 5.91 Å². The van der Waals surface area contributed by atoms with Crippen LogP contribution in [0.1, 0.15) is 58.4 Å². The normalized spacial score (nSPS) is 18.0. The van der Waals surface area contributed by atoms with Gasteiger partial charge in [-0.05, 0) is 90.7 Å². The molecule has 0 atom stereocenters. The first-order valence-corrected chi connectivity index (χ1v) is 14.6. The highest BCUT2D eigenvalue weighted by atomic mass is 35.5. The van der Waals surface area contributed by atoms with Crippen LogP contribution in [0.2, 0.25) is 5.15 Å². The molecule has 1 saturated carbocycles. The zero-order valence-electron chi connectivity index (χ0n) is 23.7. The predicted octanol–water partition coefficient (Wildman–Crippen LogP) is 6.46. The summed E-state index contributed by atoms with van der Waals surface area (Å²) < 4.78 is 44.9. The average molecular weight is 608 g/mol. The fraction of sp³-hybridized carbons (Fsp3) is 0.387. The molecule has 3 aromatic heterocycles. The van der Waals surface area contributed by atoms with Gasteiger partial charge in [-0.1, -0.05) is 18.0 Å². The molecule has 2 aliphatic heterocycles. The maximum absolute atomic E-state index is 14.4. The van der Waals surface area contributed by atoms with Crippen molar-refractivity contribution in [2.75, 3.05) is 18.0 Å². The number of pyridine rings is 2. The van der Waals surface area contributed by atoms with Crippen molar-refractivity contribution >= 4 is 23.3 Å². The summed E-state index contributed by atoms with van der Waals surface area (Å²) >= 11 is 6.47. The molecule has 8 nitrogen and oxygen atoms in total. The Labute approximate surface area is 251 Å². The number of alkyl halides is 3. The fourth-order valence-corrected chi connectivity index (χ4v) is 6.99. The van der Waals surface area contributed by atoms with Crippen LogP contribution in [-0.4, -0.2) is 48.6 Å². The van der Waals surface area contributed by atoms with E-state index in [4.69, 9.17) is 11.6 Å². The molecule has 1 amide bonds. The van der Waals surface area contributed by atoms with E-state index in [0.29, 0.717) is 34.5 Å². The van der Waals surface area contributed by atoms with Crippen LogP contribution >= 0.6 is 11.6 Å². The lowest BCUT2D eigenvalue weighted by Gasteiger charge is -2.38. The third-order valence-electron chi connectivity index (χ3n) is 9.11. The molecule has 0 bridgehead atoms. The highest BCUT2D eigenvalue weighted by Gasteiger charge is 2.44. The van der Waals surface area contributed by atoms with Gasteiger partial charge >= 0.3 is 6.18 Å². The first-order chi connectivity index (χ1) is 20.5.